The molecule has 2 aromatic heterocycles. The van der Waals surface area contributed by atoms with Crippen molar-refractivity contribution < 1.29 is 34.4 Å². The molecule has 2 heterocycles. The number of benzene rings is 2. The van der Waals surface area contributed by atoms with Crippen LogP contribution in [0.1, 0.15) is 65.2 Å². The van der Waals surface area contributed by atoms with Gasteiger partial charge in [-0.3, -0.25) is 4.79 Å². The third-order valence-corrected chi connectivity index (χ3v) is 6.21. The third-order valence-electron chi connectivity index (χ3n) is 6.21. The Bertz CT molecular complexity index is 1420. The van der Waals surface area contributed by atoms with Gasteiger partial charge in [0.2, 0.25) is 0 Å². The van der Waals surface area contributed by atoms with Crippen LogP contribution in [-0.2, 0) is 35.7 Å². The molecule has 1 aliphatic rings. The van der Waals surface area contributed by atoms with Gasteiger partial charge in [-0.15, -0.1) is 34.9 Å². The van der Waals surface area contributed by atoms with Crippen LogP contribution in [0.4, 0.5) is 0 Å². The summed E-state index contributed by atoms with van der Waals surface area (Å²) in [6, 6.07) is 16.4. The zero-order chi connectivity index (χ0) is 24.1. The Kier molecular flexibility index (Phi) is 6.94. The Hall–Kier alpha value is -2.75. The molecular formula is C29H30IrNO3-. The molecule has 0 amide bonds. The zero-order valence-corrected chi connectivity index (χ0v) is 23.1. The maximum atomic E-state index is 10.0. The minimum absolute atomic E-state index is 0. The Morgan fingerprint density at radius 1 is 1.09 bits per heavy atom. The molecular weight excluding hydrogens is 603 g/mol. The molecule has 34 heavy (non-hydrogen) atoms. The second-order valence-corrected chi connectivity index (χ2v) is 10.3. The second-order valence-electron chi connectivity index (χ2n) is 10.3. The standard InChI is InChI=1S/C24H22NO.C5H8O2.Ir/c1-23(2,3)14-9-10-15-17(13-14)24(4,5)16-7-6-8-18-20(16)21-19(26-18)11-12-25-22(15)21;1-4(6)3-5(2)7;/h6-9,11-13H,1-5H3;3,6H,1-2H3;/q-1;;/b;4-3-;. The molecule has 0 atom stereocenters. The molecule has 0 aliphatic heterocycles. The van der Waals surface area contributed by atoms with Crippen molar-refractivity contribution in [3.05, 3.63) is 77.2 Å². The molecule has 1 N–H and O–H groups in total. The number of hydrogen-bond donors (Lipinski definition) is 1. The van der Waals surface area contributed by atoms with E-state index in [0.29, 0.717) is 0 Å². The molecule has 1 radical (unpaired) electrons. The number of rotatable bonds is 1. The van der Waals surface area contributed by atoms with Gasteiger partial charge in [-0.25, -0.2) is 0 Å². The minimum atomic E-state index is -0.163. The predicted molar refractivity (Wildman–Crippen MR) is 134 cm³/mol. The van der Waals surface area contributed by atoms with E-state index in [4.69, 9.17) is 14.5 Å². The van der Waals surface area contributed by atoms with Crippen LogP contribution in [-0.4, -0.2) is 15.9 Å². The van der Waals surface area contributed by atoms with E-state index in [1.165, 1.54) is 42.0 Å². The normalized spacial score (nSPS) is 14.1. The van der Waals surface area contributed by atoms with Gasteiger partial charge in [-0.2, -0.15) is 0 Å². The van der Waals surface area contributed by atoms with Gasteiger partial charge < -0.3 is 14.5 Å². The molecule has 0 fully saturated rings. The van der Waals surface area contributed by atoms with Crippen LogP contribution in [0.5, 0.6) is 0 Å². The Morgan fingerprint density at radius 3 is 2.35 bits per heavy atom. The summed E-state index contributed by atoms with van der Waals surface area (Å²) in [6.45, 7) is 14.2. The number of aromatic nitrogens is 1. The predicted octanol–water partition coefficient (Wildman–Crippen LogP) is 7.42. The molecule has 4 nitrogen and oxygen atoms in total. The van der Waals surface area contributed by atoms with Crippen molar-refractivity contribution in [3.63, 3.8) is 0 Å². The monoisotopic (exact) mass is 633 g/mol. The summed E-state index contributed by atoms with van der Waals surface area (Å²) in [4.78, 5) is 14.8. The first-order chi connectivity index (χ1) is 15.4. The number of aliphatic hydroxyl groups is 1. The Labute approximate surface area is 214 Å². The second kappa shape index (κ2) is 9.13. The third kappa shape index (κ3) is 4.47. The number of aliphatic hydroxyl groups excluding tert-OH is 1. The van der Waals surface area contributed by atoms with Gasteiger partial charge in [-0.05, 0) is 48.1 Å². The summed E-state index contributed by atoms with van der Waals surface area (Å²) in [6.07, 6.45) is 3.01. The van der Waals surface area contributed by atoms with Gasteiger partial charge in [-0.1, -0.05) is 46.8 Å². The van der Waals surface area contributed by atoms with Crippen molar-refractivity contribution in [1.82, 2.24) is 4.98 Å². The van der Waals surface area contributed by atoms with E-state index in [-0.39, 0.29) is 42.5 Å². The van der Waals surface area contributed by atoms with E-state index < -0.39 is 0 Å². The summed E-state index contributed by atoms with van der Waals surface area (Å²) in [7, 11) is 0. The van der Waals surface area contributed by atoms with Crippen LogP contribution in [0, 0.1) is 6.07 Å². The van der Waals surface area contributed by atoms with E-state index in [0.717, 1.165) is 27.8 Å². The number of hydrogen-bond acceptors (Lipinski definition) is 4. The molecule has 0 saturated heterocycles. The average molecular weight is 633 g/mol. The van der Waals surface area contributed by atoms with E-state index in [2.05, 4.69) is 71.0 Å². The fourth-order valence-electron chi connectivity index (χ4n) is 4.53. The van der Waals surface area contributed by atoms with Crippen LogP contribution in [0.2, 0.25) is 0 Å². The first-order valence-corrected chi connectivity index (χ1v) is 11.2. The summed E-state index contributed by atoms with van der Waals surface area (Å²) in [5, 5.41) is 10.7. The zero-order valence-electron chi connectivity index (χ0n) is 20.7. The molecule has 0 saturated carbocycles. The van der Waals surface area contributed by atoms with Crippen LogP contribution < -0.4 is 0 Å². The van der Waals surface area contributed by atoms with Crippen molar-refractivity contribution in [3.8, 4) is 11.3 Å². The van der Waals surface area contributed by atoms with Crippen molar-refractivity contribution in [2.75, 3.05) is 0 Å². The maximum absolute atomic E-state index is 10.0. The molecule has 179 valence electrons. The first-order valence-electron chi connectivity index (χ1n) is 11.2. The molecule has 5 rings (SSSR count). The Balaban J connectivity index is 0.000000357. The summed E-state index contributed by atoms with van der Waals surface area (Å²) < 4.78 is 6.14. The first kappa shape index (κ1) is 25.9. The summed E-state index contributed by atoms with van der Waals surface area (Å²) >= 11 is 0. The summed E-state index contributed by atoms with van der Waals surface area (Å²) in [5.41, 5.74) is 7.70. The molecule has 4 aromatic rings. The quantitative estimate of drug-likeness (QED) is 0.135. The number of nitrogens with zero attached hydrogens (tertiary/aromatic N) is 1. The van der Waals surface area contributed by atoms with E-state index >= 15 is 0 Å². The van der Waals surface area contributed by atoms with Crippen molar-refractivity contribution in [2.45, 2.75) is 59.3 Å². The van der Waals surface area contributed by atoms with Gasteiger partial charge in [0.05, 0.1) is 5.76 Å². The minimum Gasteiger partial charge on any atom is -0.512 e. The van der Waals surface area contributed by atoms with Gasteiger partial charge in [0.1, 0.15) is 11.2 Å². The van der Waals surface area contributed by atoms with Crippen LogP contribution in [0.15, 0.2) is 58.8 Å². The molecule has 0 spiro atoms. The number of pyridine rings is 1. The molecule has 2 aromatic carbocycles. The average Bonchev–Trinajstić information content (AvgIpc) is 3.07. The van der Waals surface area contributed by atoms with Gasteiger partial charge >= 0.3 is 0 Å². The number of ketones is 1. The fraction of sp³-hybridized carbons (Fsp3) is 0.310. The van der Waals surface area contributed by atoms with E-state index in [1.54, 1.807) is 0 Å². The van der Waals surface area contributed by atoms with Crippen LogP contribution in [0.3, 0.4) is 0 Å². The number of allylic oxidation sites excluding steroid dienone is 2. The van der Waals surface area contributed by atoms with Crippen molar-refractivity contribution in [2.24, 2.45) is 0 Å². The topological polar surface area (TPSA) is 63.3 Å². The largest absolute Gasteiger partial charge is 0.512 e. The summed E-state index contributed by atoms with van der Waals surface area (Å²) in [5.74, 6) is -0.0625. The molecule has 0 unspecified atom stereocenters. The van der Waals surface area contributed by atoms with E-state index in [1.807, 2.05) is 12.3 Å². The SMILES string of the molecule is CC(=O)/C=C(/C)O.CC(C)(C)c1c[c-]c2c(c1)C(C)(C)c1cccc3oc4ccnc-2c4c13.[Ir]. The molecule has 5 heteroatoms. The maximum Gasteiger partial charge on any atom is 0.155 e. The number of fused-ring (bicyclic) bond motifs is 2. The fourth-order valence-corrected chi connectivity index (χ4v) is 4.53. The van der Waals surface area contributed by atoms with Gasteiger partial charge in [0.15, 0.2) is 5.78 Å². The van der Waals surface area contributed by atoms with Crippen molar-refractivity contribution in [1.29, 1.82) is 0 Å². The van der Waals surface area contributed by atoms with Crippen LogP contribution >= 0.6 is 0 Å². The van der Waals surface area contributed by atoms with E-state index in [9.17, 15) is 4.79 Å². The Morgan fingerprint density at radius 2 is 1.76 bits per heavy atom. The number of furan rings is 1. The molecule has 0 bridgehead atoms. The van der Waals surface area contributed by atoms with Crippen molar-refractivity contribution >= 4 is 27.7 Å². The number of carbonyl (C=O) groups is 1. The molecule has 1 aliphatic carbocycles. The van der Waals surface area contributed by atoms with Gasteiger partial charge in [0, 0.05) is 43.2 Å². The van der Waals surface area contributed by atoms with Gasteiger partial charge in [0.25, 0.3) is 0 Å². The number of carbonyl (C=O) groups excluding carboxylic acids is 1. The van der Waals surface area contributed by atoms with Crippen LogP contribution in [0.25, 0.3) is 33.2 Å². The smallest absolute Gasteiger partial charge is 0.155 e.